The average molecular weight is 369 g/mol. The van der Waals surface area contributed by atoms with Gasteiger partial charge >= 0.3 is 0 Å². The number of hydrogen-bond donors (Lipinski definition) is 0. The Morgan fingerprint density at radius 3 is 2.85 bits per heavy atom. The first kappa shape index (κ1) is 18.7. The molecular formula is C24H32O3. The molecule has 0 saturated heterocycles. The number of ketones is 2. The molecule has 4 rings (SSSR count). The van der Waals surface area contributed by atoms with Crippen molar-refractivity contribution in [3.63, 3.8) is 0 Å². The van der Waals surface area contributed by atoms with Crippen LogP contribution in [0.25, 0.3) is 0 Å². The average Bonchev–Trinajstić information content (AvgIpc) is 2.95. The number of fused-ring (bicyclic) bond motifs is 5. The molecule has 0 amide bonds. The quantitative estimate of drug-likeness (QED) is 0.726. The van der Waals surface area contributed by atoms with Crippen LogP contribution < -0.4 is 4.74 Å². The lowest BCUT2D eigenvalue weighted by Gasteiger charge is -2.50. The van der Waals surface area contributed by atoms with E-state index < -0.39 is 0 Å². The monoisotopic (exact) mass is 368 g/mol. The number of carbonyl (C=O) groups is 2. The highest BCUT2D eigenvalue weighted by Gasteiger charge is 2.58. The van der Waals surface area contributed by atoms with E-state index in [2.05, 4.69) is 25.1 Å². The van der Waals surface area contributed by atoms with Gasteiger partial charge in [0.2, 0.25) is 0 Å². The molecule has 0 N–H and O–H groups in total. The number of methoxy groups -OCH3 is 1. The van der Waals surface area contributed by atoms with E-state index in [0.717, 1.165) is 37.9 Å². The van der Waals surface area contributed by atoms with Gasteiger partial charge in [-0.05, 0) is 79.0 Å². The summed E-state index contributed by atoms with van der Waals surface area (Å²) in [5, 5.41) is 0. The van der Waals surface area contributed by atoms with E-state index in [1.807, 2.05) is 6.92 Å². The lowest BCUT2D eigenvalue weighted by Crippen LogP contribution is -2.44. The maximum atomic E-state index is 13.0. The molecule has 2 fully saturated rings. The number of rotatable bonds is 5. The lowest BCUT2D eigenvalue weighted by molar-refractivity contribution is -0.129. The van der Waals surface area contributed by atoms with Crippen molar-refractivity contribution < 1.29 is 14.3 Å². The standard InChI is InChI=1S/C24H32O3/c1-4-17(25)7-5-16-14-22(26)24(2)12-11-20-19-10-8-18(27-3)13-15(19)6-9-21(20)23(16)24/h8,10,13,16,20-21,23H,4-7,9,11-12,14H2,1-3H3/t16-,20-,21-,23+,24-/m1/s1. The third kappa shape index (κ3) is 3.03. The van der Waals surface area contributed by atoms with Crippen LogP contribution in [0.4, 0.5) is 0 Å². The fourth-order valence-electron chi connectivity index (χ4n) is 6.53. The minimum Gasteiger partial charge on any atom is -0.497 e. The minimum absolute atomic E-state index is 0.162. The Kier molecular flexibility index (Phi) is 4.90. The minimum atomic E-state index is -0.162. The second kappa shape index (κ2) is 7.07. The summed E-state index contributed by atoms with van der Waals surface area (Å²) in [5.41, 5.74) is 2.75. The van der Waals surface area contributed by atoms with Gasteiger partial charge in [-0.1, -0.05) is 19.9 Å². The van der Waals surface area contributed by atoms with Gasteiger partial charge in [-0.2, -0.15) is 0 Å². The summed E-state index contributed by atoms with van der Waals surface area (Å²) in [7, 11) is 1.73. The van der Waals surface area contributed by atoms with Crippen molar-refractivity contribution in [3.05, 3.63) is 29.3 Å². The molecule has 3 nitrogen and oxygen atoms in total. The van der Waals surface area contributed by atoms with Crippen LogP contribution in [-0.2, 0) is 16.0 Å². The second-order valence-electron chi connectivity index (χ2n) is 9.17. The van der Waals surface area contributed by atoms with Crippen LogP contribution in [0.5, 0.6) is 5.75 Å². The van der Waals surface area contributed by atoms with Gasteiger partial charge in [0.05, 0.1) is 7.11 Å². The van der Waals surface area contributed by atoms with Crippen molar-refractivity contribution in [2.45, 2.75) is 71.1 Å². The summed E-state index contributed by atoms with van der Waals surface area (Å²) in [4.78, 5) is 24.9. The van der Waals surface area contributed by atoms with Gasteiger partial charge in [0, 0.05) is 24.7 Å². The lowest BCUT2D eigenvalue weighted by atomic mass is 9.54. The van der Waals surface area contributed by atoms with E-state index in [1.54, 1.807) is 7.11 Å². The topological polar surface area (TPSA) is 43.4 Å². The van der Waals surface area contributed by atoms with Crippen molar-refractivity contribution in [3.8, 4) is 5.75 Å². The molecule has 0 spiro atoms. The van der Waals surface area contributed by atoms with Crippen molar-refractivity contribution in [1.82, 2.24) is 0 Å². The van der Waals surface area contributed by atoms with Crippen LogP contribution in [0.1, 0.15) is 75.8 Å². The second-order valence-corrected chi connectivity index (χ2v) is 9.17. The molecule has 0 heterocycles. The van der Waals surface area contributed by atoms with E-state index in [0.29, 0.717) is 54.5 Å². The van der Waals surface area contributed by atoms with Gasteiger partial charge in [0.1, 0.15) is 17.3 Å². The smallest absolute Gasteiger partial charge is 0.139 e. The van der Waals surface area contributed by atoms with Crippen molar-refractivity contribution in [2.24, 2.45) is 23.2 Å². The third-order valence-corrected chi connectivity index (χ3v) is 7.97. The van der Waals surface area contributed by atoms with Crippen LogP contribution in [0.3, 0.4) is 0 Å². The van der Waals surface area contributed by atoms with Crippen LogP contribution >= 0.6 is 0 Å². The zero-order valence-corrected chi connectivity index (χ0v) is 16.9. The van der Waals surface area contributed by atoms with Gasteiger partial charge in [-0.25, -0.2) is 0 Å². The molecule has 3 aliphatic carbocycles. The summed E-state index contributed by atoms with van der Waals surface area (Å²) in [5.74, 6) is 3.73. The highest BCUT2D eigenvalue weighted by atomic mass is 16.5. The predicted molar refractivity (Wildman–Crippen MR) is 106 cm³/mol. The third-order valence-electron chi connectivity index (χ3n) is 7.97. The van der Waals surface area contributed by atoms with Gasteiger partial charge in [0.25, 0.3) is 0 Å². The van der Waals surface area contributed by atoms with Gasteiger partial charge in [0.15, 0.2) is 0 Å². The first-order valence-electron chi connectivity index (χ1n) is 10.7. The number of aryl methyl sites for hydroxylation is 1. The number of carbonyl (C=O) groups excluding carboxylic acids is 2. The van der Waals surface area contributed by atoms with Gasteiger partial charge in [-0.3, -0.25) is 9.59 Å². The summed E-state index contributed by atoms with van der Waals surface area (Å²) >= 11 is 0. The van der Waals surface area contributed by atoms with Crippen molar-refractivity contribution in [2.75, 3.05) is 7.11 Å². The molecule has 0 unspecified atom stereocenters. The molecule has 3 aliphatic rings. The van der Waals surface area contributed by atoms with Gasteiger partial charge in [-0.15, -0.1) is 0 Å². The maximum Gasteiger partial charge on any atom is 0.139 e. The Morgan fingerprint density at radius 1 is 1.30 bits per heavy atom. The Balaban J connectivity index is 1.62. The Bertz CT molecular complexity index is 752. The summed E-state index contributed by atoms with van der Waals surface area (Å²) in [6.45, 7) is 4.16. The van der Waals surface area contributed by atoms with Crippen LogP contribution in [0.2, 0.25) is 0 Å². The van der Waals surface area contributed by atoms with E-state index >= 15 is 0 Å². The molecule has 146 valence electrons. The normalized spacial score (nSPS) is 34.6. The number of ether oxygens (including phenoxy) is 1. The summed E-state index contributed by atoms with van der Waals surface area (Å²) < 4.78 is 5.42. The molecule has 27 heavy (non-hydrogen) atoms. The number of Topliss-reactive ketones (excluding diaryl/α,β-unsaturated/α-hetero) is 2. The summed E-state index contributed by atoms with van der Waals surface area (Å²) in [6.07, 6.45) is 7.21. The predicted octanol–water partition coefficient (Wildman–Crippen LogP) is 5.11. The van der Waals surface area contributed by atoms with E-state index in [4.69, 9.17) is 4.74 Å². The molecule has 3 heteroatoms. The maximum absolute atomic E-state index is 13.0. The molecule has 1 aromatic rings. The van der Waals surface area contributed by atoms with E-state index in [1.165, 1.54) is 11.1 Å². The zero-order chi connectivity index (χ0) is 19.2. The SMILES string of the molecule is CCC(=O)CC[C@@H]1CC(=O)[C@@]2(C)CC[C@@H]3c4ccc(OC)cc4CC[C@H]3[C@H]12. The first-order chi connectivity index (χ1) is 13.0. The molecular weight excluding hydrogens is 336 g/mol. The molecule has 0 aliphatic heterocycles. The highest BCUT2D eigenvalue weighted by Crippen LogP contribution is 2.62. The van der Waals surface area contributed by atoms with Crippen LogP contribution in [0, 0.1) is 23.2 Å². The van der Waals surface area contributed by atoms with E-state index in [9.17, 15) is 9.59 Å². The number of hydrogen-bond acceptors (Lipinski definition) is 3. The molecule has 5 atom stereocenters. The van der Waals surface area contributed by atoms with Gasteiger partial charge < -0.3 is 4.74 Å². The van der Waals surface area contributed by atoms with Crippen molar-refractivity contribution in [1.29, 1.82) is 0 Å². The number of benzene rings is 1. The van der Waals surface area contributed by atoms with Crippen LogP contribution in [0.15, 0.2) is 18.2 Å². The Morgan fingerprint density at radius 2 is 2.11 bits per heavy atom. The Labute approximate surface area is 162 Å². The molecule has 0 aromatic heterocycles. The zero-order valence-electron chi connectivity index (χ0n) is 16.9. The molecule has 0 radical (unpaired) electrons. The fourth-order valence-corrected chi connectivity index (χ4v) is 6.53. The van der Waals surface area contributed by atoms with Crippen molar-refractivity contribution >= 4 is 11.6 Å². The summed E-state index contributed by atoms with van der Waals surface area (Å²) in [6, 6.07) is 6.56. The molecule has 1 aromatic carbocycles. The Hall–Kier alpha value is -1.64. The molecule has 2 saturated carbocycles. The van der Waals surface area contributed by atoms with Crippen LogP contribution in [-0.4, -0.2) is 18.7 Å². The fraction of sp³-hybridized carbons (Fsp3) is 0.667. The van der Waals surface area contributed by atoms with E-state index in [-0.39, 0.29) is 5.41 Å². The highest BCUT2D eigenvalue weighted by molar-refractivity contribution is 5.88. The first-order valence-corrected chi connectivity index (χ1v) is 10.7. The molecule has 0 bridgehead atoms. The largest absolute Gasteiger partial charge is 0.497 e.